The van der Waals surface area contributed by atoms with Gasteiger partial charge in [0.2, 0.25) is 0 Å². The second-order valence-electron chi connectivity index (χ2n) is 5.13. The summed E-state index contributed by atoms with van der Waals surface area (Å²) in [7, 11) is 0. The van der Waals surface area contributed by atoms with Crippen LogP contribution >= 0.6 is 23.4 Å². The number of hydrogen-bond donors (Lipinski definition) is 1. The van der Waals surface area contributed by atoms with Gasteiger partial charge >= 0.3 is 0 Å². The molecular weight excluding hydrogens is 349 g/mol. The highest BCUT2D eigenvalue weighted by Gasteiger charge is 2.15. The van der Waals surface area contributed by atoms with Gasteiger partial charge in [0.05, 0.1) is 5.02 Å². The van der Waals surface area contributed by atoms with E-state index in [-0.39, 0.29) is 11.7 Å². The predicted molar refractivity (Wildman–Crippen MR) is 97.1 cm³/mol. The molecule has 0 saturated carbocycles. The van der Waals surface area contributed by atoms with Crippen LogP contribution in [-0.4, -0.2) is 24.3 Å². The summed E-state index contributed by atoms with van der Waals surface area (Å²) in [5.74, 6) is 1.35. The lowest BCUT2D eigenvalue weighted by Gasteiger charge is -2.15. The van der Waals surface area contributed by atoms with Crippen LogP contribution in [0, 0.1) is 5.82 Å². The number of carbonyl (C=O) groups is 1. The van der Waals surface area contributed by atoms with Crippen LogP contribution in [0.3, 0.4) is 0 Å². The first-order chi connectivity index (χ1) is 11.6. The number of nitrogens with one attached hydrogen (secondary N) is 1. The van der Waals surface area contributed by atoms with Crippen molar-refractivity contribution >= 4 is 29.3 Å². The molecule has 128 valence electrons. The van der Waals surface area contributed by atoms with Gasteiger partial charge in [0.15, 0.2) is 6.10 Å². The van der Waals surface area contributed by atoms with Gasteiger partial charge < -0.3 is 10.1 Å². The van der Waals surface area contributed by atoms with Crippen LogP contribution in [0.15, 0.2) is 48.5 Å². The summed E-state index contributed by atoms with van der Waals surface area (Å²) < 4.78 is 19.0. The Bertz CT molecular complexity index is 684. The second-order valence-corrected chi connectivity index (χ2v) is 6.64. The van der Waals surface area contributed by atoms with Gasteiger partial charge in [0.1, 0.15) is 11.6 Å². The Morgan fingerprint density at radius 1 is 1.25 bits per heavy atom. The Balaban J connectivity index is 1.67. The number of benzene rings is 2. The van der Waals surface area contributed by atoms with E-state index in [0.29, 0.717) is 34.4 Å². The number of carbonyl (C=O) groups excluding carboxylic acids is 1. The molecule has 2 aromatic rings. The molecule has 1 atom stereocenters. The zero-order chi connectivity index (χ0) is 17.4. The normalized spacial score (nSPS) is 11.8. The average molecular weight is 368 g/mol. The van der Waals surface area contributed by atoms with Crippen LogP contribution in [-0.2, 0) is 10.5 Å². The molecule has 0 aromatic heterocycles. The zero-order valence-electron chi connectivity index (χ0n) is 13.3. The highest BCUT2D eigenvalue weighted by molar-refractivity contribution is 7.98. The highest BCUT2D eigenvalue weighted by atomic mass is 35.5. The maximum atomic E-state index is 13.5. The van der Waals surface area contributed by atoms with Crippen LogP contribution in [0.5, 0.6) is 5.75 Å². The molecular formula is C18H19ClFNO2S. The molecule has 3 nitrogen and oxygen atoms in total. The van der Waals surface area contributed by atoms with Crippen molar-refractivity contribution in [3.05, 3.63) is 64.9 Å². The second kappa shape index (κ2) is 9.55. The molecule has 0 saturated heterocycles. The standard InChI is InChI=1S/C18H19ClFNO2S/c1-13(23-17-9-5-3-7-15(17)19)18(22)21-10-11-24-12-14-6-2-4-8-16(14)20/h2-9,13H,10-12H2,1H3,(H,21,22). The molecule has 1 N–H and O–H groups in total. The first-order valence-corrected chi connectivity index (χ1v) is 9.11. The molecule has 0 spiro atoms. The van der Waals surface area contributed by atoms with Crippen LogP contribution in [0.1, 0.15) is 12.5 Å². The number of para-hydroxylation sites is 1. The van der Waals surface area contributed by atoms with E-state index >= 15 is 0 Å². The third kappa shape index (κ3) is 5.73. The molecule has 1 unspecified atom stereocenters. The maximum absolute atomic E-state index is 13.5. The fourth-order valence-electron chi connectivity index (χ4n) is 1.97. The van der Waals surface area contributed by atoms with Crippen molar-refractivity contribution in [1.82, 2.24) is 5.32 Å². The fourth-order valence-corrected chi connectivity index (χ4v) is 3.00. The van der Waals surface area contributed by atoms with E-state index in [4.69, 9.17) is 16.3 Å². The third-order valence-electron chi connectivity index (χ3n) is 3.27. The minimum atomic E-state index is -0.638. The van der Waals surface area contributed by atoms with Gasteiger partial charge in [0.25, 0.3) is 5.91 Å². The number of rotatable bonds is 8. The van der Waals surface area contributed by atoms with Gasteiger partial charge in [-0.15, -0.1) is 0 Å². The topological polar surface area (TPSA) is 38.3 Å². The minimum Gasteiger partial charge on any atom is -0.479 e. The van der Waals surface area contributed by atoms with Crippen molar-refractivity contribution in [3.63, 3.8) is 0 Å². The summed E-state index contributed by atoms with van der Waals surface area (Å²) >= 11 is 7.56. The number of hydrogen-bond acceptors (Lipinski definition) is 3. The van der Waals surface area contributed by atoms with E-state index in [0.717, 1.165) is 0 Å². The van der Waals surface area contributed by atoms with Crippen molar-refractivity contribution in [3.8, 4) is 5.75 Å². The van der Waals surface area contributed by atoms with Gasteiger partial charge in [-0.1, -0.05) is 41.9 Å². The maximum Gasteiger partial charge on any atom is 0.260 e. The van der Waals surface area contributed by atoms with Crippen molar-refractivity contribution in [2.75, 3.05) is 12.3 Å². The molecule has 0 heterocycles. The summed E-state index contributed by atoms with van der Waals surface area (Å²) in [6.45, 7) is 2.17. The Morgan fingerprint density at radius 2 is 1.96 bits per heavy atom. The summed E-state index contributed by atoms with van der Waals surface area (Å²) in [6, 6.07) is 13.7. The molecule has 0 radical (unpaired) electrons. The SMILES string of the molecule is CC(Oc1ccccc1Cl)C(=O)NCCSCc1ccccc1F. The van der Waals surface area contributed by atoms with E-state index in [9.17, 15) is 9.18 Å². The molecule has 2 aromatic carbocycles. The van der Waals surface area contributed by atoms with Crippen molar-refractivity contribution in [2.24, 2.45) is 0 Å². The molecule has 0 aliphatic heterocycles. The number of amides is 1. The molecule has 0 aliphatic carbocycles. The Hall–Kier alpha value is -1.72. The van der Waals surface area contributed by atoms with Crippen molar-refractivity contribution < 1.29 is 13.9 Å². The van der Waals surface area contributed by atoms with Gasteiger partial charge in [0, 0.05) is 18.1 Å². The largest absolute Gasteiger partial charge is 0.479 e. The quantitative estimate of drug-likeness (QED) is 0.707. The fraction of sp³-hybridized carbons (Fsp3) is 0.278. The predicted octanol–water partition coefficient (Wildman–Crippen LogP) is 4.30. The van der Waals surface area contributed by atoms with Crippen LogP contribution < -0.4 is 10.1 Å². The van der Waals surface area contributed by atoms with E-state index in [1.165, 1.54) is 6.07 Å². The van der Waals surface area contributed by atoms with Crippen molar-refractivity contribution in [1.29, 1.82) is 0 Å². The first kappa shape index (κ1) is 18.6. The Kier molecular flexibility index (Phi) is 7.40. The highest BCUT2D eigenvalue weighted by Crippen LogP contribution is 2.24. The van der Waals surface area contributed by atoms with Gasteiger partial charge in [-0.05, 0) is 30.7 Å². The molecule has 2 rings (SSSR count). The van der Waals surface area contributed by atoms with Crippen molar-refractivity contribution in [2.45, 2.75) is 18.8 Å². The summed E-state index contributed by atoms with van der Waals surface area (Å²) in [6.07, 6.45) is -0.638. The van der Waals surface area contributed by atoms with Gasteiger partial charge in [-0.25, -0.2) is 4.39 Å². The van der Waals surface area contributed by atoms with Crippen LogP contribution in [0.4, 0.5) is 4.39 Å². The Labute approximate surface area is 150 Å². The molecule has 1 amide bonds. The lowest BCUT2D eigenvalue weighted by atomic mass is 10.2. The molecule has 0 fully saturated rings. The van der Waals surface area contributed by atoms with E-state index in [2.05, 4.69) is 5.32 Å². The number of thioether (sulfide) groups is 1. The Morgan fingerprint density at radius 3 is 2.71 bits per heavy atom. The smallest absolute Gasteiger partial charge is 0.260 e. The van der Waals surface area contributed by atoms with Crippen LogP contribution in [0.2, 0.25) is 5.02 Å². The van der Waals surface area contributed by atoms with E-state index in [1.807, 2.05) is 6.07 Å². The van der Waals surface area contributed by atoms with Gasteiger partial charge in [-0.3, -0.25) is 4.79 Å². The van der Waals surface area contributed by atoms with Crippen LogP contribution in [0.25, 0.3) is 0 Å². The molecule has 0 aliphatic rings. The molecule has 0 bridgehead atoms. The minimum absolute atomic E-state index is 0.198. The molecule has 6 heteroatoms. The lowest BCUT2D eigenvalue weighted by Crippen LogP contribution is -2.37. The average Bonchev–Trinajstić information content (AvgIpc) is 2.58. The van der Waals surface area contributed by atoms with E-state index < -0.39 is 6.10 Å². The van der Waals surface area contributed by atoms with Gasteiger partial charge in [-0.2, -0.15) is 11.8 Å². The summed E-state index contributed by atoms with van der Waals surface area (Å²) in [5.41, 5.74) is 0.671. The monoisotopic (exact) mass is 367 g/mol. The van der Waals surface area contributed by atoms with E-state index in [1.54, 1.807) is 55.1 Å². The lowest BCUT2D eigenvalue weighted by molar-refractivity contribution is -0.127. The summed E-state index contributed by atoms with van der Waals surface area (Å²) in [4.78, 5) is 12.0. The number of halogens is 2. The first-order valence-electron chi connectivity index (χ1n) is 7.58. The summed E-state index contributed by atoms with van der Waals surface area (Å²) in [5, 5.41) is 3.27. The third-order valence-corrected chi connectivity index (χ3v) is 4.59. The molecule has 24 heavy (non-hydrogen) atoms. The number of ether oxygens (including phenoxy) is 1. The zero-order valence-corrected chi connectivity index (χ0v) is 14.9.